The van der Waals surface area contributed by atoms with Crippen LogP contribution in [0.15, 0.2) is 0 Å². The third-order valence-corrected chi connectivity index (χ3v) is 4.77. The van der Waals surface area contributed by atoms with Crippen LogP contribution < -0.4 is 5.32 Å². The van der Waals surface area contributed by atoms with Crippen molar-refractivity contribution in [1.82, 2.24) is 10.2 Å². The van der Waals surface area contributed by atoms with Crippen molar-refractivity contribution in [2.24, 2.45) is 5.92 Å². The van der Waals surface area contributed by atoms with Crippen LogP contribution in [0.4, 0.5) is 0 Å². The van der Waals surface area contributed by atoms with Gasteiger partial charge in [-0.1, -0.05) is 0 Å². The quantitative estimate of drug-likeness (QED) is 0.747. The molecule has 92 valence electrons. The SMILES string of the molecule is OCC1(NCC2CC2)CCN2CCCC2C1. The minimum Gasteiger partial charge on any atom is -0.394 e. The summed E-state index contributed by atoms with van der Waals surface area (Å²) in [6, 6.07) is 0.743. The molecule has 0 bridgehead atoms. The molecular formula is C13H24N2O. The van der Waals surface area contributed by atoms with E-state index < -0.39 is 0 Å². The predicted octanol–water partition coefficient (Wildman–Crippen LogP) is 0.975. The van der Waals surface area contributed by atoms with Crippen LogP contribution in [0.3, 0.4) is 0 Å². The molecule has 3 aliphatic rings. The molecule has 0 amide bonds. The molecule has 2 atom stereocenters. The minimum absolute atomic E-state index is 0.0497. The summed E-state index contributed by atoms with van der Waals surface area (Å²) in [5.41, 5.74) is 0.0497. The van der Waals surface area contributed by atoms with Gasteiger partial charge in [-0.05, 0) is 57.5 Å². The maximum Gasteiger partial charge on any atom is 0.0614 e. The average molecular weight is 224 g/mol. The van der Waals surface area contributed by atoms with Gasteiger partial charge >= 0.3 is 0 Å². The van der Waals surface area contributed by atoms with E-state index in [0.717, 1.165) is 31.3 Å². The molecule has 2 saturated heterocycles. The zero-order valence-electron chi connectivity index (χ0n) is 10.1. The summed E-state index contributed by atoms with van der Waals surface area (Å²) in [6.07, 6.45) is 7.78. The van der Waals surface area contributed by atoms with E-state index in [2.05, 4.69) is 10.2 Å². The van der Waals surface area contributed by atoms with E-state index in [4.69, 9.17) is 0 Å². The number of nitrogens with one attached hydrogen (secondary N) is 1. The van der Waals surface area contributed by atoms with Gasteiger partial charge in [0.1, 0.15) is 0 Å². The lowest BCUT2D eigenvalue weighted by molar-refractivity contribution is 0.0583. The minimum atomic E-state index is 0.0497. The largest absolute Gasteiger partial charge is 0.394 e. The first kappa shape index (κ1) is 11.0. The van der Waals surface area contributed by atoms with Crippen molar-refractivity contribution in [3.63, 3.8) is 0 Å². The number of hydrogen-bond acceptors (Lipinski definition) is 3. The highest BCUT2D eigenvalue weighted by molar-refractivity contribution is 5.00. The molecule has 1 aliphatic carbocycles. The summed E-state index contributed by atoms with van der Waals surface area (Å²) in [4.78, 5) is 2.62. The molecule has 2 N–H and O–H groups in total. The van der Waals surface area contributed by atoms with Gasteiger partial charge in [0.25, 0.3) is 0 Å². The van der Waals surface area contributed by atoms with Crippen molar-refractivity contribution >= 4 is 0 Å². The Kier molecular flexibility index (Phi) is 2.94. The standard InChI is InChI=1S/C13H24N2O/c16-10-13(14-9-11-3-4-11)5-7-15-6-1-2-12(15)8-13/h11-12,14,16H,1-10H2. The molecular weight excluding hydrogens is 200 g/mol. The zero-order chi connectivity index (χ0) is 11.0. The van der Waals surface area contributed by atoms with E-state index in [1.807, 2.05) is 0 Å². The van der Waals surface area contributed by atoms with Crippen molar-refractivity contribution in [2.75, 3.05) is 26.2 Å². The Morgan fingerprint density at radius 2 is 2.12 bits per heavy atom. The van der Waals surface area contributed by atoms with Gasteiger partial charge in [-0.25, -0.2) is 0 Å². The van der Waals surface area contributed by atoms with Gasteiger partial charge in [0, 0.05) is 18.1 Å². The Morgan fingerprint density at radius 3 is 2.88 bits per heavy atom. The molecule has 0 aromatic heterocycles. The molecule has 0 radical (unpaired) electrons. The molecule has 16 heavy (non-hydrogen) atoms. The van der Waals surface area contributed by atoms with Crippen molar-refractivity contribution < 1.29 is 5.11 Å². The first-order valence-corrected chi connectivity index (χ1v) is 6.91. The Labute approximate surface area is 98.2 Å². The lowest BCUT2D eigenvalue weighted by atomic mass is 9.83. The third kappa shape index (κ3) is 2.13. The second-order valence-corrected chi connectivity index (χ2v) is 6.05. The number of hydrogen-bond donors (Lipinski definition) is 2. The van der Waals surface area contributed by atoms with Crippen molar-refractivity contribution in [1.29, 1.82) is 0 Å². The van der Waals surface area contributed by atoms with Gasteiger partial charge in [0.15, 0.2) is 0 Å². The van der Waals surface area contributed by atoms with Gasteiger partial charge in [-0.15, -0.1) is 0 Å². The maximum atomic E-state index is 9.71. The number of piperidine rings is 1. The Morgan fingerprint density at radius 1 is 1.25 bits per heavy atom. The lowest BCUT2D eigenvalue weighted by Gasteiger charge is -2.44. The molecule has 2 heterocycles. The van der Waals surface area contributed by atoms with Gasteiger partial charge < -0.3 is 15.3 Å². The highest BCUT2D eigenvalue weighted by atomic mass is 16.3. The molecule has 2 aliphatic heterocycles. The third-order valence-electron chi connectivity index (χ3n) is 4.77. The molecule has 1 saturated carbocycles. The molecule has 0 aromatic rings. The van der Waals surface area contributed by atoms with E-state index in [1.165, 1.54) is 38.8 Å². The molecule has 3 heteroatoms. The fraction of sp³-hybridized carbons (Fsp3) is 1.00. The first-order chi connectivity index (χ1) is 7.81. The molecule has 3 fully saturated rings. The van der Waals surface area contributed by atoms with Crippen LogP contribution >= 0.6 is 0 Å². The number of aliphatic hydroxyl groups excluding tert-OH is 1. The summed E-state index contributed by atoms with van der Waals surface area (Å²) < 4.78 is 0. The van der Waals surface area contributed by atoms with Crippen LogP contribution in [0.25, 0.3) is 0 Å². The highest BCUT2D eigenvalue weighted by Gasteiger charge is 2.41. The Hall–Kier alpha value is -0.120. The fourth-order valence-electron chi connectivity index (χ4n) is 3.37. The number of nitrogens with zero attached hydrogens (tertiary/aromatic N) is 1. The van der Waals surface area contributed by atoms with E-state index >= 15 is 0 Å². The maximum absolute atomic E-state index is 9.71. The first-order valence-electron chi connectivity index (χ1n) is 6.91. The molecule has 2 unspecified atom stereocenters. The number of rotatable bonds is 4. The van der Waals surface area contributed by atoms with E-state index in [0.29, 0.717) is 6.61 Å². The lowest BCUT2D eigenvalue weighted by Crippen LogP contribution is -2.58. The number of aliphatic hydroxyl groups is 1. The summed E-state index contributed by atoms with van der Waals surface area (Å²) in [5, 5.41) is 13.4. The van der Waals surface area contributed by atoms with Crippen molar-refractivity contribution in [2.45, 2.75) is 50.1 Å². The van der Waals surface area contributed by atoms with E-state index in [-0.39, 0.29) is 5.54 Å². The van der Waals surface area contributed by atoms with E-state index in [9.17, 15) is 5.11 Å². The Bertz CT molecular complexity index is 254. The van der Waals surface area contributed by atoms with Crippen LogP contribution in [-0.4, -0.2) is 47.8 Å². The van der Waals surface area contributed by atoms with Crippen LogP contribution in [0, 0.1) is 5.92 Å². The smallest absolute Gasteiger partial charge is 0.0614 e. The zero-order valence-corrected chi connectivity index (χ0v) is 10.1. The molecule has 3 rings (SSSR count). The average Bonchev–Trinajstić information content (AvgIpc) is 3.04. The van der Waals surface area contributed by atoms with Crippen molar-refractivity contribution in [3.8, 4) is 0 Å². The second-order valence-electron chi connectivity index (χ2n) is 6.05. The highest BCUT2D eigenvalue weighted by Crippen LogP contribution is 2.34. The van der Waals surface area contributed by atoms with Crippen LogP contribution in [0.1, 0.15) is 38.5 Å². The van der Waals surface area contributed by atoms with Crippen LogP contribution in [0.2, 0.25) is 0 Å². The Balaban J connectivity index is 1.60. The van der Waals surface area contributed by atoms with Gasteiger partial charge in [-0.2, -0.15) is 0 Å². The summed E-state index contributed by atoms with van der Waals surface area (Å²) in [7, 11) is 0. The predicted molar refractivity (Wildman–Crippen MR) is 64.4 cm³/mol. The normalized spacial score (nSPS) is 39.9. The second kappa shape index (κ2) is 4.28. The van der Waals surface area contributed by atoms with Crippen LogP contribution in [-0.2, 0) is 0 Å². The van der Waals surface area contributed by atoms with Crippen molar-refractivity contribution in [3.05, 3.63) is 0 Å². The molecule has 3 nitrogen and oxygen atoms in total. The fourth-order valence-corrected chi connectivity index (χ4v) is 3.37. The monoisotopic (exact) mass is 224 g/mol. The van der Waals surface area contributed by atoms with Gasteiger partial charge in [-0.3, -0.25) is 0 Å². The topological polar surface area (TPSA) is 35.5 Å². The van der Waals surface area contributed by atoms with Gasteiger partial charge in [0.2, 0.25) is 0 Å². The van der Waals surface area contributed by atoms with Crippen LogP contribution in [0.5, 0.6) is 0 Å². The summed E-state index contributed by atoms with van der Waals surface area (Å²) in [5.74, 6) is 0.907. The van der Waals surface area contributed by atoms with E-state index in [1.54, 1.807) is 0 Å². The van der Waals surface area contributed by atoms with Gasteiger partial charge in [0.05, 0.1) is 6.61 Å². The number of fused-ring (bicyclic) bond motifs is 1. The summed E-state index contributed by atoms with van der Waals surface area (Å²) in [6.45, 7) is 3.93. The summed E-state index contributed by atoms with van der Waals surface area (Å²) >= 11 is 0. The molecule has 0 aromatic carbocycles. The molecule has 0 spiro atoms.